The van der Waals surface area contributed by atoms with Crippen LogP contribution in [0.4, 0.5) is 5.69 Å². The van der Waals surface area contributed by atoms with Gasteiger partial charge in [0.25, 0.3) is 0 Å². The molecule has 2 aromatic carbocycles. The van der Waals surface area contributed by atoms with Gasteiger partial charge in [0.1, 0.15) is 0 Å². The van der Waals surface area contributed by atoms with E-state index >= 15 is 0 Å². The fourth-order valence-corrected chi connectivity index (χ4v) is 4.95. The molecule has 0 saturated heterocycles. The van der Waals surface area contributed by atoms with Gasteiger partial charge in [0.05, 0.1) is 13.2 Å². The van der Waals surface area contributed by atoms with E-state index < -0.39 is 13.4 Å². The highest BCUT2D eigenvalue weighted by Crippen LogP contribution is 2.61. The summed E-state index contributed by atoms with van der Waals surface area (Å²) in [5.41, 5.74) is 1.61. The number of rotatable bonds is 12. The quantitative estimate of drug-likeness (QED) is 0.319. The molecule has 1 heterocycles. The zero-order valence-corrected chi connectivity index (χ0v) is 18.0. The van der Waals surface area contributed by atoms with Gasteiger partial charge in [-0.05, 0) is 42.7 Å². The number of benzene rings is 2. The molecular formula is C22H30NO5P. The largest absolute Gasteiger partial charge is 0.454 e. The van der Waals surface area contributed by atoms with Crippen molar-refractivity contribution in [2.45, 2.75) is 45.3 Å². The molecule has 29 heavy (non-hydrogen) atoms. The normalized spacial score (nSPS) is 14.0. The van der Waals surface area contributed by atoms with Crippen molar-refractivity contribution < 1.29 is 23.1 Å². The lowest BCUT2D eigenvalue weighted by Gasteiger charge is -2.29. The van der Waals surface area contributed by atoms with E-state index in [1.165, 1.54) is 0 Å². The number of unbranched alkanes of at least 4 members (excludes halogenated alkanes) is 2. The van der Waals surface area contributed by atoms with E-state index in [4.69, 9.17) is 18.5 Å². The number of ether oxygens (including phenoxy) is 2. The van der Waals surface area contributed by atoms with Crippen LogP contribution in [-0.2, 0) is 13.6 Å². The smallest absolute Gasteiger partial charge is 0.357 e. The van der Waals surface area contributed by atoms with Gasteiger partial charge in [0.2, 0.25) is 6.79 Å². The Kier molecular flexibility index (Phi) is 7.99. The molecule has 7 heteroatoms. The Bertz CT molecular complexity index is 800. The summed E-state index contributed by atoms with van der Waals surface area (Å²) in [5.74, 6) is 0.657. The van der Waals surface area contributed by atoms with Crippen molar-refractivity contribution in [3.8, 4) is 11.5 Å². The molecule has 1 aliphatic heterocycles. The summed E-state index contributed by atoms with van der Waals surface area (Å²) < 4.78 is 36.8. The lowest BCUT2D eigenvalue weighted by atomic mass is 10.2. The van der Waals surface area contributed by atoms with E-state index in [9.17, 15) is 4.57 Å². The van der Waals surface area contributed by atoms with Crippen molar-refractivity contribution >= 4 is 13.3 Å². The summed E-state index contributed by atoms with van der Waals surface area (Å²) in [6.07, 6.45) is 3.55. The molecule has 0 fully saturated rings. The molecule has 0 radical (unpaired) electrons. The van der Waals surface area contributed by atoms with Crippen LogP contribution in [0.1, 0.15) is 50.9 Å². The van der Waals surface area contributed by atoms with Crippen molar-refractivity contribution in [3.63, 3.8) is 0 Å². The molecule has 0 aliphatic carbocycles. The van der Waals surface area contributed by atoms with Gasteiger partial charge in [-0.15, -0.1) is 0 Å². The maximum Gasteiger partial charge on any atom is 0.357 e. The first-order chi connectivity index (χ1) is 14.2. The Hall–Kier alpha value is -2.01. The fourth-order valence-electron chi connectivity index (χ4n) is 2.98. The zero-order valence-electron chi connectivity index (χ0n) is 17.1. The lowest BCUT2D eigenvalue weighted by molar-refractivity contribution is 0.174. The Labute approximate surface area is 173 Å². The molecule has 0 spiro atoms. The third-order valence-corrected chi connectivity index (χ3v) is 6.79. The van der Waals surface area contributed by atoms with Crippen molar-refractivity contribution in [1.82, 2.24) is 0 Å². The molecule has 3 rings (SSSR count). The molecule has 1 atom stereocenters. The van der Waals surface area contributed by atoms with Gasteiger partial charge in [0.15, 0.2) is 17.3 Å². The minimum atomic E-state index is -3.51. The topological polar surface area (TPSA) is 66.0 Å². The molecule has 6 nitrogen and oxygen atoms in total. The van der Waals surface area contributed by atoms with Gasteiger partial charge >= 0.3 is 7.60 Å². The summed E-state index contributed by atoms with van der Waals surface area (Å²) in [6.45, 7) is 5.11. The van der Waals surface area contributed by atoms with E-state index in [1.807, 2.05) is 48.5 Å². The highest BCUT2D eigenvalue weighted by atomic mass is 31.2. The van der Waals surface area contributed by atoms with Crippen molar-refractivity contribution in [3.05, 3.63) is 54.1 Å². The monoisotopic (exact) mass is 419 g/mol. The van der Waals surface area contributed by atoms with Crippen LogP contribution in [0.5, 0.6) is 11.5 Å². The molecule has 158 valence electrons. The summed E-state index contributed by atoms with van der Waals surface area (Å²) in [5, 5.41) is 3.37. The summed E-state index contributed by atoms with van der Waals surface area (Å²) in [4.78, 5) is 0. The summed E-state index contributed by atoms with van der Waals surface area (Å²) in [7, 11) is -3.51. The maximum atomic E-state index is 14.0. The molecule has 2 aromatic rings. The van der Waals surface area contributed by atoms with Crippen molar-refractivity contribution in [1.29, 1.82) is 0 Å². The molecular weight excluding hydrogens is 389 g/mol. The number of hydrogen-bond acceptors (Lipinski definition) is 6. The molecule has 0 saturated carbocycles. The third kappa shape index (κ3) is 5.75. The number of nitrogens with one attached hydrogen (secondary N) is 1. The van der Waals surface area contributed by atoms with Crippen molar-refractivity contribution in [2.24, 2.45) is 0 Å². The SMILES string of the molecule is CCCCOP(=O)(OCCCC)C(Nc1ccccc1)c1ccc2c(c1)OCO2. The molecule has 1 N–H and O–H groups in total. The standard InChI is InChI=1S/C22H30NO5P/c1-3-5-14-27-29(24,28-15-6-4-2)22(23-19-10-8-7-9-11-19)18-12-13-20-21(16-18)26-17-25-20/h7-13,16,22-23H,3-6,14-15,17H2,1-2H3. The highest BCUT2D eigenvalue weighted by molar-refractivity contribution is 7.54. The maximum absolute atomic E-state index is 14.0. The van der Waals surface area contributed by atoms with Crippen LogP contribution < -0.4 is 14.8 Å². The van der Waals surface area contributed by atoms with Gasteiger partial charge in [-0.25, -0.2) is 0 Å². The minimum Gasteiger partial charge on any atom is -0.454 e. The summed E-state index contributed by atoms with van der Waals surface area (Å²) in [6, 6.07) is 15.2. The fraction of sp³-hybridized carbons (Fsp3) is 0.455. The molecule has 0 aromatic heterocycles. The van der Waals surface area contributed by atoms with Gasteiger partial charge in [-0.3, -0.25) is 4.57 Å². The third-order valence-electron chi connectivity index (χ3n) is 4.64. The Morgan fingerprint density at radius 3 is 2.28 bits per heavy atom. The average Bonchev–Trinajstić information content (AvgIpc) is 3.21. The Morgan fingerprint density at radius 1 is 0.966 bits per heavy atom. The number of hydrogen-bond donors (Lipinski definition) is 1. The Balaban J connectivity index is 1.94. The van der Waals surface area contributed by atoms with Crippen LogP contribution in [0.15, 0.2) is 48.5 Å². The van der Waals surface area contributed by atoms with E-state index in [0.717, 1.165) is 36.9 Å². The van der Waals surface area contributed by atoms with Crippen LogP contribution >= 0.6 is 7.60 Å². The van der Waals surface area contributed by atoms with Crippen LogP contribution in [0.2, 0.25) is 0 Å². The van der Waals surface area contributed by atoms with Gasteiger partial charge in [0, 0.05) is 5.69 Å². The first-order valence-corrected chi connectivity index (χ1v) is 11.9. The zero-order chi connectivity index (χ0) is 20.5. The second-order valence-electron chi connectivity index (χ2n) is 6.94. The van der Waals surface area contributed by atoms with Crippen LogP contribution in [0, 0.1) is 0 Å². The van der Waals surface area contributed by atoms with E-state index in [2.05, 4.69) is 19.2 Å². The number of para-hydroxylation sites is 1. The van der Waals surface area contributed by atoms with Crippen LogP contribution in [-0.4, -0.2) is 20.0 Å². The highest BCUT2D eigenvalue weighted by Gasteiger charge is 2.38. The predicted molar refractivity (Wildman–Crippen MR) is 115 cm³/mol. The van der Waals surface area contributed by atoms with E-state index in [-0.39, 0.29) is 6.79 Å². The predicted octanol–water partition coefficient (Wildman–Crippen LogP) is 6.35. The molecule has 1 aliphatic rings. The molecule has 1 unspecified atom stereocenters. The van der Waals surface area contributed by atoms with Gasteiger partial charge in [-0.2, -0.15) is 0 Å². The first-order valence-electron chi connectivity index (χ1n) is 10.3. The lowest BCUT2D eigenvalue weighted by Crippen LogP contribution is -2.16. The number of fused-ring (bicyclic) bond motifs is 1. The van der Waals surface area contributed by atoms with Gasteiger partial charge < -0.3 is 23.8 Å². The second-order valence-corrected chi connectivity index (χ2v) is 9.05. The first kappa shape index (κ1) is 21.7. The summed E-state index contributed by atoms with van der Waals surface area (Å²) >= 11 is 0. The van der Waals surface area contributed by atoms with Crippen molar-refractivity contribution in [2.75, 3.05) is 25.3 Å². The second kappa shape index (κ2) is 10.7. The average molecular weight is 419 g/mol. The van der Waals surface area contributed by atoms with Crippen LogP contribution in [0.3, 0.4) is 0 Å². The Morgan fingerprint density at radius 2 is 1.62 bits per heavy atom. The molecule has 0 bridgehead atoms. The van der Waals surface area contributed by atoms with Crippen LogP contribution in [0.25, 0.3) is 0 Å². The molecule has 0 amide bonds. The minimum absolute atomic E-state index is 0.188. The number of anilines is 1. The van der Waals surface area contributed by atoms with E-state index in [1.54, 1.807) is 0 Å². The van der Waals surface area contributed by atoms with Gasteiger partial charge in [-0.1, -0.05) is 51.0 Å². The van der Waals surface area contributed by atoms with E-state index in [0.29, 0.717) is 24.7 Å².